The normalized spacial score (nSPS) is 10.9. The molecule has 2 aromatic carbocycles. The molecule has 0 saturated carbocycles. The molecular weight excluding hydrogens is 398 g/mol. The number of halogens is 7. The van der Waals surface area contributed by atoms with Crippen LogP contribution in [-0.4, -0.2) is 41.9 Å². The average Bonchev–Trinajstić information content (AvgIpc) is 2.66. The van der Waals surface area contributed by atoms with Gasteiger partial charge < -0.3 is 19.6 Å². The molecule has 0 spiro atoms. The van der Waals surface area contributed by atoms with Crippen molar-refractivity contribution in [2.75, 3.05) is 19.6 Å². The summed E-state index contributed by atoms with van der Waals surface area (Å²) in [6, 6.07) is 0. The largest absolute Gasteiger partial charge is 0.707 e. The number of benzene rings is 2. The third-order valence-corrected chi connectivity index (χ3v) is 3.86. The van der Waals surface area contributed by atoms with Gasteiger partial charge in [0.05, 0.1) is 10.8 Å². The first kappa shape index (κ1) is 24.0. The molecule has 0 amide bonds. The SMILES string of the molecule is CCN(CC)CC.OB(O)Oc1c(F)c(F)c(F)c2c(F)c(F)c(F)c(F)c12. The summed E-state index contributed by atoms with van der Waals surface area (Å²) in [5, 5.41) is 13.6. The second kappa shape index (κ2) is 9.94. The van der Waals surface area contributed by atoms with Crippen molar-refractivity contribution >= 4 is 18.1 Å². The van der Waals surface area contributed by atoms with Crippen LogP contribution in [0, 0.1) is 40.7 Å². The highest BCUT2D eigenvalue weighted by atomic mass is 19.2. The zero-order chi connectivity index (χ0) is 21.8. The standard InChI is InChI=1S/C10H2BF7O3.C6H15N/c12-3-1-2(5(14)7(16)6(3)15)10(21-11(19)20)9(18)8(17)4(1)13;1-4-7(5-2)6-3/h19-20H;4-6H2,1-3H3. The van der Waals surface area contributed by atoms with Crippen LogP contribution < -0.4 is 4.65 Å². The van der Waals surface area contributed by atoms with Crippen LogP contribution >= 0.6 is 0 Å². The van der Waals surface area contributed by atoms with E-state index < -0.39 is 64.6 Å². The number of nitrogens with zero attached hydrogens (tertiary/aromatic N) is 1. The molecule has 0 aliphatic carbocycles. The van der Waals surface area contributed by atoms with E-state index in [1.807, 2.05) is 0 Å². The van der Waals surface area contributed by atoms with Crippen LogP contribution in [-0.2, 0) is 0 Å². The van der Waals surface area contributed by atoms with Crippen molar-refractivity contribution in [3.05, 3.63) is 40.7 Å². The first-order chi connectivity index (χ1) is 13.0. The zero-order valence-electron chi connectivity index (χ0n) is 15.1. The Kier molecular flexibility index (Phi) is 8.52. The minimum absolute atomic E-state index is 1.19. The Morgan fingerprint density at radius 1 is 0.643 bits per heavy atom. The van der Waals surface area contributed by atoms with Gasteiger partial charge in [0.1, 0.15) is 0 Å². The summed E-state index contributed by atoms with van der Waals surface area (Å²) in [5.74, 6) is -18.3. The molecule has 0 heterocycles. The Labute approximate surface area is 156 Å². The topological polar surface area (TPSA) is 52.9 Å². The fraction of sp³-hybridized carbons (Fsp3) is 0.375. The highest BCUT2D eigenvalue weighted by molar-refractivity contribution is 6.34. The maximum absolute atomic E-state index is 13.6. The van der Waals surface area contributed by atoms with E-state index in [1.165, 1.54) is 19.6 Å². The lowest BCUT2D eigenvalue weighted by Gasteiger charge is -2.13. The summed E-state index contributed by atoms with van der Waals surface area (Å²) in [6.07, 6.45) is 0. The number of hydrogen-bond acceptors (Lipinski definition) is 4. The van der Waals surface area contributed by atoms with Crippen molar-refractivity contribution in [1.82, 2.24) is 4.90 Å². The number of fused-ring (bicyclic) bond motifs is 1. The van der Waals surface area contributed by atoms with Crippen molar-refractivity contribution in [1.29, 1.82) is 0 Å². The molecule has 2 rings (SSSR count). The Morgan fingerprint density at radius 2 is 1.00 bits per heavy atom. The van der Waals surface area contributed by atoms with Gasteiger partial charge in [-0.1, -0.05) is 20.8 Å². The Morgan fingerprint density at radius 3 is 1.32 bits per heavy atom. The third-order valence-electron chi connectivity index (χ3n) is 3.86. The van der Waals surface area contributed by atoms with Crippen LogP contribution in [0.5, 0.6) is 5.75 Å². The number of rotatable bonds is 5. The summed E-state index contributed by atoms with van der Waals surface area (Å²) in [5.41, 5.74) is 0. The summed E-state index contributed by atoms with van der Waals surface area (Å²) in [7, 11) is -2.84. The van der Waals surface area contributed by atoms with Crippen molar-refractivity contribution in [2.24, 2.45) is 0 Å². The van der Waals surface area contributed by atoms with E-state index in [2.05, 4.69) is 30.3 Å². The average molecular weight is 415 g/mol. The third kappa shape index (κ3) is 4.68. The van der Waals surface area contributed by atoms with Crippen LogP contribution in [0.3, 0.4) is 0 Å². The lowest BCUT2D eigenvalue weighted by atomic mass is 10.0. The summed E-state index contributed by atoms with van der Waals surface area (Å²) >= 11 is 0. The molecule has 0 bridgehead atoms. The van der Waals surface area contributed by atoms with Crippen molar-refractivity contribution < 1.29 is 45.4 Å². The predicted octanol–water partition coefficient (Wildman–Crippen LogP) is 3.51. The molecule has 0 aliphatic heterocycles. The van der Waals surface area contributed by atoms with Crippen LogP contribution in [0.15, 0.2) is 0 Å². The minimum atomic E-state index is -2.84. The molecule has 2 N–H and O–H groups in total. The van der Waals surface area contributed by atoms with Gasteiger partial charge in [0.2, 0.25) is 5.82 Å². The molecule has 0 atom stereocenters. The fourth-order valence-corrected chi connectivity index (χ4v) is 2.35. The Hall–Kier alpha value is -2.05. The van der Waals surface area contributed by atoms with E-state index in [0.717, 1.165) is 0 Å². The monoisotopic (exact) mass is 415 g/mol. The maximum Gasteiger partial charge on any atom is 0.707 e. The van der Waals surface area contributed by atoms with E-state index in [0.29, 0.717) is 0 Å². The second-order valence-electron chi connectivity index (χ2n) is 5.34. The van der Waals surface area contributed by atoms with Gasteiger partial charge in [-0.05, 0) is 19.6 Å². The van der Waals surface area contributed by atoms with Gasteiger partial charge in [0.25, 0.3) is 0 Å². The highest BCUT2D eigenvalue weighted by Gasteiger charge is 2.32. The Balaban J connectivity index is 0.000000480. The van der Waals surface area contributed by atoms with Crippen molar-refractivity contribution in [2.45, 2.75) is 20.8 Å². The van der Waals surface area contributed by atoms with E-state index >= 15 is 0 Å². The van der Waals surface area contributed by atoms with E-state index in [-0.39, 0.29) is 0 Å². The number of hydrogen-bond donors (Lipinski definition) is 2. The molecule has 0 aromatic heterocycles. The van der Waals surface area contributed by atoms with Crippen LogP contribution in [0.2, 0.25) is 0 Å². The van der Waals surface area contributed by atoms with Crippen molar-refractivity contribution in [3.8, 4) is 5.75 Å². The molecule has 12 heteroatoms. The summed E-state index contributed by atoms with van der Waals surface area (Å²) < 4.78 is 97.1. The highest BCUT2D eigenvalue weighted by Crippen LogP contribution is 2.38. The van der Waals surface area contributed by atoms with Crippen molar-refractivity contribution in [3.63, 3.8) is 0 Å². The van der Waals surface area contributed by atoms with Crippen LogP contribution in [0.25, 0.3) is 10.8 Å². The van der Waals surface area contributed by atoms with Gasteiger partial charge in [0, 0.05) is 0 Å². The van der Waals surface area contributed by atoms with Gasteiger partial charge in [-0.15, -0.1) is 0 Å². The quantitative estimate of drug-likeness (QED) is 0.340. The maximum atomic E-state index is 13.6. The molecule has 0 unspecified atom stereocenters. The predicted molar refractivity (Wildman–Crippen MR) is 87.9 cm³/mol. The first-order valence-electron chi connectivity index (χ1n) is 8.10. The van der Waals surface area contributed by atoms with Gasteiger partial charge in [-0.2, -0.15) is 4.39 Å². The minimum Gasteiger partial charge on any atom is -0.509 e. The van der Waals surface area contributed by atoms with Crippen LogP contribution in [0.1, 0.15) is 20.8 Å². The van der Waals surface area contributed by atoms with E-state index in [1.54, 1.807) is 0 Å². The summed E-state index contributed by atoms with van der Waals surface area (Å²) in [6.45, 7) is 10.1. The smallest absolute Gasteiger partial charge is 0.509 e. The Bertz CT molecular complexity index is 834. The first-order valence-corrected chi connectivity index (χ1v) is 8.10. The zero-order valence-corrected chi connectivity index (χ0v) is 15.1. The molecule has 0 fully saturated rings. The second-order valence-corrected chi connectivity index (χ2v) is 5.34. The van der Waals surface area contributed by atoms with Gasteiger partial charge in [0.15, 0.2) is 40.7 Å². The molecule has 2 aromatic rings. The molecule has 4 nitrogen and oxygen atoms in total. The lowest BCUT2D eigenvalue weighted by Crippen LogP contribution is -2.22. The molecule has 28 heavy (non-hydrogen) atoms. The van der Waals surface area contributed by atoms with Crippen LogP contribution in [0.4, 0.5) is 30.7 Å². The van der Waals surface area contributed by atoms with Gasteiger partial charge >= 0.3 is 7.32 Å². The lowest BCUT2D eigenvalue weighted by molar-refractivity contribution is 0.279. The molecule has 0 aliphatic rings. The molecule has 156 valence electrons. The fourth-order valence-electron chi connectivity index (χ4n) is 2.35. The summed E-state index contributed by atoms with van der Waals surface area (Å²) in [4.78, 5) is 2.38. The van der Waals surface area contributed by atoms with Gasteiger partial charge in [-0.3, -0.25) is 0 Å². The molecular formula is C16H17BF7NO3. The molecule has 0 radical (unpaired) electrons. The van der Waals surface area contributed by atoms with E-state index in [9.17, 15) is 30.7 Å². The molecule has 0 saturated heterocycles. The van der Waals surface area contributed by atoms with E-state index in [4.69, 9.17) is 10.0 Å². The van der Waals surface area contributed by atoms with Gasteiger partial charge in [-0.25, -0.2) is 26.3 Å².